The molecule has 0 amide bonds. The Balaban J connectivity index is 1.81. The highest BCUT2D eigenvalue weighted by Gasteiger charge is 2.93. The SMILES string of the molecule is C1C[C@H]2C[C@H]1[C@]13O[C@H]1C[C@@H]1O[C@@]213. The second-order valence-electron chi connectivity index (χ2n) is 5.24. The molecule has 2 spiro atoms. The van der Waals surface area contributed by atoms with Crippen molar-refractivity contribution in [1.29, 1.82) is 0 Å². The number of fused-ring (bicyclic) bond motifs is 2. The monoisotopic (exact) mass is 164 g/mol. The van der Waals surface area contributed by atoms with Crippen molar-refractivity contribution < 1.29 is 9.47 Å². The molecular formula is C10H12O2. The first-order chi connectivity index (χ1) is 5.88. The van der Waals surface area contributed by atoms with Gasteiger partial charge in [-0.05, 0) is 31.1 Å². The molecule has 0 aromatic carbocycles. The van der Waals surface area contributed by atoms with Crippen molar-refractivity contribution in [3.63, 3.8) is 0 Å². The Bertz CT molecular complexity index is 274. The Morgan fingerprint density at radius 1 is 0.833 bits per heavy atom. The molecule has 0 radical (unpaired) electrons. The third-order valence-electron chi connectivity index (χ3n) is 5.20. The zero-order chi connectivity index (χ0) is 7.55. The molecular weight excluding hydrogens is 152 g/mol. The van der Waals surface area contributed by atoms with Gasteiger partial charge in [0.15, 0.2) is 0 Å². The van der Waals surface area contributed by atoms with Crippen molar-refractivity contribution in [3.8, 4) is 0 Å². The minimum atomic E-state index is 0.278. The standard InChI is InChI=1S/C10H12O2/c1-2-6-3-5(1)9-7(11-9)4-8-10(6,9)12-8/h5-8H,1-4H2/t5-,6-,7-,8-,9-,10-/m0/s1. The number of hydrogen-bond donors (Lipinski definition) is 0. The topological polar surface area (TPSA) is 25.1 Å². The summed E-state index contributed by atoms with van der Waals surface area (Å²) in [4.78, 5) is 0. The van der Waals surface area contributed by atoms with Crippen LogP contribution in [0.25, 0.3) is 0 Å². The van der Waals surface area contributed by atoms with Gasteiger partial charge in [-0.3, -0.25) is 0 Å². The maximum atomic E-state index is 5.92. The molecule has 5 aliphatic rings. The van der Waals surface area contributed by atoms with Gasteiger partial charge in [-0.1, -0.05) is 0 Å². The molecule has 64 valence electrons. The lowest BCUT2D eigenvalue weighted by atomic mass is 9.79. The largest absolute Gasteiger partial charge is 0.362 e. The van der Waals surface area contributed by atoms with Crippen LogP contribution in [0.15, 0.2) is 0 Å². The zero-order valence-electron chi connectivity index (χ0n) is 6.95. The van der Waals surface area contributed by atoms with Crippen LogP contribution in [0, 0.1) is 11.8 Å². The fraction of sp³-hybridized carbons (Fsp3) is 1.00. The minimum Gasteiger partial charge on any atom is -0.362 e. The molecule has 2 nitrogen and oxygen atoms in total. The first-order valence-electron chi connectivity index (χ1n) is 5.23. The van der Waals surface area contributed by atoms with Gasteiger partial charge < -0.3 is 9.47 Å². The quantitative estimate of drug-likeness (QED) is 0.501. The van der Waals surface area contributed by atoms with Crippen LogP contribution in [0.1, 0.15) is 25.7 Å². The van der Waals surface area contributed by atoms with E-state index in [-0.39, 0.29) is 11.2 Å². The van der Waals surface area contributed by atoms with Gasteiger partial charge in [-0.25, -0.2) is 0 Å². The molecule has 0 aromatic rings. The van der Waals surface area contributed by atoms with Crippen LogP contribution in [0.2, 0.25) is 0 Å². The third kappa shape index (κ3) is 0.293. The maximum Gasteiger partial charge on any atom is 0.129 e. The highest BCUT2D eigenvalue weighted by Crippen LogP contribution is 2.80. The van der Waals surface area contributed by atoms with Gasteiger partial charge in [0.25, 0.3) is 0 Å². The first-order valence-corrected chi connectivity index (χ1v) is 5.23. The summed E-state index contributed by atoms with van der Waals surface area (Å²) in [5, 5.41) is 0. The smallest absolute Gasteiger partial charge is 0.129 e. The lowest BCUT2D eigenvalue weighted by molar-refractivity contribution is 0.100. The summed E-state index contributed by atoms with van der Waals surface area (Å²) >= 11 is 0. The van der Waals surface area contributed by atoms with Crippen molar-refractivity contribution in [3.05, 3.63) is 0 Å². The van der Waals surface area contributed by atoms with Gasteiger partial charge in [-0.15, -0.1) is 0 Å². The molecule has 0 N–H and O–H groups in total. The Morgan fingerprint density at radius 2 is 1.42 bits per heavy atom. The van der Waals surface area contributed by atoms with E-state index in [0.29, 0.717) is 12.2 Å². The van der Waals surface area contributed by atoms with Gasteiger partial charge in [0, 0.05) is 6.42 Å². The summed E-state index contributed by atoms with van der Waals surface area (Å²) in [6.07, 6.45) is 6.69. The molecule has 2 bridgehead atoms. The Labute approximate surface area is 71.2 Å². The summed E-state index contributed by atoms with van der Waals surface area (Å²) in [6, 6.07) is 0. The number of rotatable bonds is 0. The molecule has 6 atom stereocenters. The van der Waals surface area contributed by atoms with Crippen molar-refractivity contribution >= 4 is 0 Å². The zero-order valence-corrected chi connectivity index (χ0v) is 6.95. The summed E-state index contributed by atoms with van der Waals surface area (Å²) < 4.78 is 11.8. The van der Waals surface area contributed by atoms with E-state index >= 15 is 0 Å². The second-order valence-corrected chi connectivity index (χ2v) is 5.24. The molecule has 2 saturated heterocycles. The Hall–Kier alpha value is -0.0800. The van der Waals surface area contributed by atoms with Gasteiger partial charge >= 0.3 is 0 Å². The fourth-order valence-corrected chi connectivity index (χ4v) is 4.85. The third-order valence-corrected chi connectivity index (χ3v) is 5.20. The summed E-state index contributed by atoms with van der Waals surface area (Å²) in [5.74, 6) is 1.75. The van der Waals surface area contributed by atoms with E-state index in [9.17, 15) is 0 Å². The predicted molar refractivity (Wildman–Crippen MR) is 40.7 cm³/mol. The lowest BCUT2D eigenvalue weighted by Crippen LogP contribution is -2.39. The van der Waals surface area contributed by atoms with Crippen LogP contribution in [0.4, 0.5) is 0 Å². The van der Waals surface area contributed by atoms with Gasteiger partial charge in [0.1, 0.15) is 11.2 Å². The van der Waals surface area contributed by atoms with Crippen LogP contribution in [-0.2, 0) is 9.47 Å². The Kier molecular flexibility index (Phi) is 0.561. The van der Waals surface area contributed by atoms with Crippen LogP contribution in [-0.4, -0.2) is 23.4 Å². The normalized spacial score (nSPS) is 80.0. The van der Waals surface area contributed by atoms with E-state index < -0.39 is 0 Å². The van der Waals surface area contributed by atoms with E-state index in [1.54, 1.807) is 0 Å². The van der Waals surface area contributed by atoms with E-state index in [1.807, 2.05) is 0 Å². The average Bonchev–Trinajstić information content (AvgIpc) is 2.84. The van der Waals surface area contributed by atoms with E-state index in [4.69, 9.17) is 9.47 Å². The molecule has 5 rings (SSSR count). The molecule has 2 heterocycles. The number of ether oxygens (including phenoxy) is 2. The highest BCUT2D eigenvalue weighted by atomic mass is 16.7. The molecule has 12 heavy (non-hydrogen) atoms. The predicted octanol–water partition coefficient (Wildman–Crippen LogP) is 1.10. The summed E-state index contributed by atoms with van der Waals surface area (Å²) in [5.41, 5.74) is 0.557. The molecule has 0 unspecified atom stereocenters. The molecule has 5 fully saturated rings. The van der Waals surface area contributed by atoms with Crippen molar-refractivity contribution in [2.45, 2.75) is 49.1 Å². The first kappa shape index (κ1) is 5.61. The number of epoxide rings is 2. The van der Waals surface area contributed by atoms with Crippen molar-refractivity contribution in [2.75, 3.05) is 0 Å². The average molecular weight is 164 g/mol. The number of hydrogen-bond acceptors (Lipinski definition) is 2. The van der Waals surface area contributed by atoms with Crippen LogP contribution < -0.4 is 0 Å². The molecule has 0 aromatic heterocycles. The lowest BCUT2D eigenvalue weighted by Gasteiger charge is -2.24. The second kappa shape index (κ2) is 1.20. The van der Waals surface area contributed by atoms with Crippen molar-refractivity contribution in [1.82, 2.24) is 0 Å². The Morgan fingerprint density at radius 3 is 2.00 bits per heavy atom. The van der Waals surface area contributed by atoms with Crippen molar-refractivity contribution in [2.24, 2.45) is 11.8 Å². The van der Waals surface area contributed by atoms with Gasteiger partial charge in [0.05, 0.1) is 12.2 Å². The van der Waals surface area contributed by atoms with Gasteiger partial charge in [-0.2, -0.15) is 0 Å². The maximum absolute atomic E-state index is 5.92. The van der Waals surface area contributed by atoms with E-state index in [2.05, 4.69) is 0 Å². The van der Waals surface area contributed by atoms with Crippen LogP contribution >= 0.6 is 0 Å². The summed E-state index contributed by atoms with van der Waals surface area (Å²) in [7, 11) is 0. The molecule has 3 saturated carbocycles. The molecule has 2 aliphatic heterocycles. The van der Waals surface area contributed by atoms with E-state index in [0.717, 1.165) is 11.8 Å². The van der Waals surface area contributed by atoms with Gasteiger partial charge in [0.2, 0.25) is 0 Å². The molecule has 2 heteroatoms. The summed E-state index contributed by atoms with van der Waals surface area (Å²) in [6.45, 7) is 0. The highest BCUT2D eigenvalue weighted by molar-refractivity contribution is 5.41. The van der Waals surface area contributed by atoms with Crippen LogP contribution in [0.3, 0.4) is 0 Å². The minimum absolute atomic E-state index is 0.278. The van der Waals surface area contributed by atoms with E-state index in [1.165, 1.54) is 25.7 Å². The molecule has 3 aliphatic carbocycles. The van der Waals surface area contributed by atoms with Crippen LogP contribution in [0.5, 0.6) is 0 Å². The fourth-order valence-electron chi connectivity index (χ4n) is 4.85.